The summed E-state index contributed by atoms with van der Waals surface area (Å²) in [6.07, 6.45) is 1.59. The molecule has 1 aliphatic heterocycles. The Morgan fingerprint density at radius 2 is 1.68 bits per heavy atom. The molecule has 0 N–H and O–H groups in total. The standard InChI is InChI=1S/C23H15NO7/c1-29-18-10-11-19-20(13-18)31-21(22(19)25)12-14-2-8-17(9-3-14)30-23(26)15-4-6-16(7-5-15)24(27)28/h2-13H,1H3/b21-12-. The van der Waals surface area contributed by atoms with Crippen molar-refractivity contribution < 1.29 is 28.7 Å². The Balaban J connectivity index is 1.45. The van der Waals surface area contributed by atoms with Crippen molar-refractivity contribution in [2.75, 3.05) is 7.11 Å². The molecule has 8 heteroatoms. The number of hydrogen-bond donors (Lipinski definition) is 0. The summed E-state index contributed by atoms with van der Waals surface area (Å²) in [6.45, 7) is 0. The number of methoxy groups -OCH3 is 1. The summed E-state index contributed by atoms with van der Waals surface area (Å²) in [5, 5.41) is 10.7. The molecule has 0 fully saturated rings. The van der Waals surface area contributed by atoms with Gasteiger partial charge in [-0.05, 0) is 48.0 Å². The van der Waals surface area contributed by atoms with Crippen LogP contribution in [0.4, 0.5) is 5.69 Å². The van der Waals surface area contributed by atoms with E-state index in [4.69, 9.17) is 14.2 Å². The molecule has 0 aromatic heterocycles. The van der Waals surface area contributed by atoms with Crippen LogP contribution >= 0.6 is 0 Å². The monoisotopic (exact) mass is 417 g/mol. The van der Waals surface area contributed by atoms with Crippen LogP contribution in [0.3, 0.4) is 0 Å². The quantitative estimate of drug-likeness (QED) is 0.199. The Morgan fingerprint density at radius 3 is 2.32 bits per heavy atom. The van der Waals surface area contributed by atoms with E-state index in [1.165, 1.54) is 31.4 Å². The van der Waals surface area contributed by atoms with Crippen molar-refractivity contribution in [3.05, 3.63) is 99.3 Å². The van der Waals surface area contributed by atoms with E-state index in [9.17, 15) is 19.7 Å². The molecule has 4 rings (SSSR count). The summed E-state index contributed by atoms with van der Waals surface area (Å²) in [5.74, 6) is 0.623. The van der Waals surface area contributed by atoms with Crippen molar-refractivity contribution in [2.24, 2.45) is 0 Å². The first-order chi connectivity index (χ1) is 14.9. The smallest absolute Gasteiger partial charge is 0.343 e. The maximum Gasteiger partial charge on any atom is 0.343 e. The molecule has 0 radical (unpaired) electrons. The van der Waals surface area contributed by atoms with Crippen molar-refractivity contribution in [1.82, 2.24) is 0 Å². The van der Waals surface area contributed by atoms with Crippen LogP contribution in [0.15, 0.2) is 72.5 Å². The fourth-order valence-corrected chi connectivity index (χ4v) is 2.96. The van der Waals surface area contributed by atoms with Gasteiger partial charge in [0, 0.05) is 18.2 Å². The van der Waals surface area contributed by atoms with Gasteiger partial charge in [0.05, 0.1) is 23.2 Å². The zero-order valence-electron chi connectivity index (χ0n) is 16.2. The molecular weight excluding hydrogens is 402 g/mol. The van der Waals surface area contributed by atoms with E-state index in [0.717, 1.165) is 0 Å². The largest absolute Gasteiger partial charge is 0.497 e. The Bertz CT molecular complexity index is 1210. The number of Topliss-reactive ketones (excluding diaryl/α,β-unsaturated/α-hetero) is 1. The van der Waals surface area contributed by atoms with Crippen LogP contribution in [0.2, 0.25) is 0 Å². The van der Waals surface area contributed by atoms with Crippen molar-refractivity contribution in [3.8, 4) is 17.2 Å². The number of ether oxygens (including phenoxy) is 3. The number of non-ortho nitro benzene ring substituents is 1. The van der Waals surface area contributed by atoms with Crippen molar-refractivity contribution in [2.45, 2.75) is 0 Å². The third-order valence-electron chi connectivity index (χ3n) is 4.58. The summed E-state index contributed by atoms with van der Waals surface area (Å²) in [4.78, 5) is 34.8. The summed E-state index contributed by atoms with van der Waals surface area (Å²) in [6, 6.07) is 16.6. The van der Waals surface area contributed by atoms with Crippen molar-refractivity contribution in [3.63, 3.8) is 0 Å². The van der Waals surface area contributed by atoms with Crippen LogP contribution < -0.4 is 14.2 Å². The lowest BCUT2D eigenvalue weighted by molar-refractivity contribution is -0.384. The number of nitro benzene ring substituents is 1. The highest BCUT2D eigenvalue weighted by Crippen LogP contribution is 2.34. The number of esters is 1. The fraction of sp³-hybridized carbons (Fsp3) is 0.0435. The van der Waals surface area contributed by atoms with Gasteiger partial charge in [-0.3, -0.25) is 14.9 Å². The molecule has 31 heavy (non-hydrogen) atoms. The van der Waals surface area contributed by atoms with E-state index in [1.807, 2.05) is 0 Å². The fourth-order valence-electron chi connectivity index (χ4n) is 2.96. The highest BCUT2D eigenvalue weighted by Gasteiger charge is 2.27. The van der Waals surface area contributed by atoms with Crippen LogP contribution in [-0.4, -0.2) is 23.8 Å². The number of rotatable bonds is 5. The van der Waals surface area contributed by atoms with E-state index in [2.05, 4.69) is 0 Å². The topological polar surface area (TPSA) is 105 Å². The lowest BCUT2D eigenvalue weighted by Gasteiger charge is -2.05. The molecule has 3 aromatic carbocycles. The molecule has 3 aromatic rings. The maximum atomic E-state index is 12.5. The number of nitro groups is 1. The third kappa shape index (κ3) is 4.13. The Morgan fingerprint density at radius 1 is 1.00 bits per heavy atom. The molecule has 0 aliphatic carbocycles. The molecule has 154 valence electrons. The third-order valence-corrected chi connectivity index (χ3v) is 4.58. The van der Waals surface area contributed by atoms with Crippen LogP contribution in [-0.2, 0) is 0 Å². The predicted molar refractivity (Wildman–Crippen MR) is 110 cm³/mol. The van der Waals surface area contributed by atoms with Gasteiger partial charge in [0.25, 0.3) is 5.69 Å². The van der Waals surface area contributed by atoms with E-state index in [0.29, 0.717) is 22.6 Å². The minimum atomic E-state index is -0.639. The minimum absolute atomic E-state index is 0.113. The number of nitrogens with zero attached hydrogens (tertiary/aromatic N) is 1. The van der Waals surface area contributed by atoms with E-state index in [-0.39, 0.29) is 28.5 Å². The Kier molecular flexibility index (Phi) is 5.19. The molecule has 0 atom stereocenters. The van der Waals surface area contributed by atoms with E-state index < -0.39 is 10.9 Å². The lowest BCUT2D eigenvalue weighted by Crippen LogP contribution is -2.08. The minimum Gasteiger partial charge on any atom is -0.497 e. The first kappa shape index (κ1) is 19.8. The van der Waals surface area contributed by atoms with Gasteiger partial charge in [-0.2, -0.15) is 0 Å². The highest BCUT2D eigenvalue weighted by atomic mass is 16.6. The second-order valence-electron chi connectivity index (χ2n) is 6.56. The average molecular weight is 417 g/mol. The SMILES string of the molecule is COc1ccc2c(c1)O/C(=C\c1ccc(OC(=O)c3ccc([N+](=O)[O-])cc3)cc1)C2=O. The number of carbonyl (C=O) groups excluding carboxylic acids is 2. The number of ketones is 1. The van der Waals surface area contributed by atoms with Crippen LogP contribution in [0, 0.1) is 10.1 Å². The second-order valence-corrected chi connectivity index (χ2v) is 6.56. The molecule has 0 bridgehead atoms. The van der Waals surface area contributed by atoms with Gasteiger partial charge in [-0.25, -0.2) is 4.79 Å². The van der Waals surface area contributed by atoms with Crippen molar-refractivity contribution in [1.29, 1.82) is 0 Å². The van der Waals surface area contributed by atoms with Gasteiger partial charge in [0.15, 0.2) is 5.76 Å². The lowest BCUT2D eigenvalue weighted by atomic mass is 10.1. The molecule has 0 saturated heterocycles. The zero-order valence-corrected chi connectivity index (χ0v) is 16.2. The van der Waals surface area contributed by atoms with Gasteiger partial charge < -0.3 is 14.2 Å². The number of allylic oxidation sites excluding steroid dienone is 1. The first-order valence-electron chi connectivity index (χ1n) is 9.13. The summed E-state index contributed by atoms with van der Waals surface area (Å²) < 4.78 is 16.1. The normalized spacial score (nSPS) is 13.5. The number of carbonyl (C=O) groups is 2. The Hall–Kier alpha value is -4.46. The number of fused-ring (bicyclic) bond motifs is 1. The zero-order chi connectivity index (χ0) is 22.0. The van der Waals surface area contributed by atoms with Gasteiger partial charge in [0.2, 0.25) is 5.78 Å². The summed E-state index contributed by atoms with van der Waals surface area (Å²) >= 11 is 0. The average Bonchev–Trinajstić information content (AvgIpc) is 3.09. The molecule has 1 heterocycles. The maximum absolute atomic E-state index is 12.5. The Labute approximate surface area is 176 Å². The molecule has 0 amide bonds. The van der Waals surface area contributed by atoms with Crippen LogP contribution in [0.25, 0.3) is 6.08 Å². The molecular formula is C23H15NO7. The molecule has 0 unspecified atom stereocenters. The molecule has 0 saturated carbocycles. The second kappa shape index (κ2) is 8.11. The predicted octanol–water partition coefficient (Wildman–Crippen LogP) is 4.44. The molecule has 0 spiro atoms. The highest BCUT2D eigenvalue weighted by molar-refractivity contribution is 6.14. The van der Waals surface area contributed by atoms with Gasteiger partial charge in [-0.15, -0.1) is 0 Å². The summed E-state index contributed by atoms with van der Waals surface area (Å²) in [7, 11) is 1.53. The molecule has 1 aliphatic rings. The van der Waals surface area contributed by atoms with Crippen molar-refractivity contribution >= 4 is 23.5 Å². The number of hydrogen-bond acceptors (Lipinski definition) is 7. The van der Waals surface area contributed by atoms with E-state index in [1.54, 1.807) is 48.5 Å². The van der Waals surface area contributed by atoms with Crippen LogP contribution in [0.5, 0.6) is 17.2 Å². The summed E-state index contributed by atoms with van der Waals surface area (Å²) in [5.41, 5.74) is 1.21. The van der Waals surface area contributed by atoms with E-state index >= 15 is 0 Å². The molecule has 8 nitrogen and oxygen atoms in total. The van der Waals surface area contributed by atoms with Gasteiger partial charge in [-0.1, -0.05) is 12.1 Å². The van der Waals surface area contributed by atoms with Gasteiger partial charge in [0.1, 0.15) is 17.2 Å². The first-order valence-corrected chi connectivity index (χ1v) is 9.13. The number of benzene rings is 3. The van der Waals surface area contributed by atoms with Crippen LogP contribution in [0.1, 0.15) is 26.3 Å². The van der Waals surface area contributed by atoms with Gasteiger partial charge >= 0.3 is 5.97 Å².